The quantitative estimate of drug-likeness (QED) is 0.334. The van der Waals surface area contributed by atoms with Gasteiger partial charge >= 0.3 is 0 Å². The molecule has 0 aromatic carbocycles. The number of hydrogen-bond donors (Lipinski definition) is 3. The molecule has 0 aliphatic rings. The van der Waals surface area contributed by atoms with Crippen LogP contribution in [-0.4, -0.2) is 23.0 Å². The van der Waals surface area contributed by atoms with Crippen molar-refractivity contribution in [3.8, 4) is 0 Å². The summed E-state index contributed by atoms with van der Waals surface area (Å²) in [5, 5.41) is 14.4. The predicted molar refractivity (Wildman–Crippen MR) is 76.3 cm³/mol. The number of amides is 1. The van der Waals surface area contributed by atoms with Gasteiger partial charge in [0, 0.05) is 0 Å². The molecule has 0 radical (unpaired) electrons. The van der Waals surface area contributed by atoms with Crippen LogP contribution in [0.25, 0.3) is 0 Å². The largest absolute Gasteiger partial charge is 0.409 e. The highest BCUT2D eigenvalue weighted by Gasteiger charge is 2.18. The van der Waals surface area contributed by atoms with Crippen LogP contribution in [0.5, 0.6) is 0 Å². The fourth-order valence-corrected chi connectivity index (χ4v) is 2.89. The number of thiophene rings is 1. The summed E-state index contributed by atoms with van der Waals surface area (Å²) in [4.78, 5) is 12.6. The van der Waals surface area contributed by atoms with E-state index < -0.39 is 6.04 Å². The minimum Gasteiger partial charge on any atom is -0.409 e. The van der Waals surface area contributed by atoms with Crippen molar-refractivity contribution in [1.29, 1.82) is 0 Å². The zero-order chi connectivity index (χ0) is 13.7. The fraction of sp³-hybridized carbons (Fsp3) is 0.455. The number of nitrogens with zero attached hydrogens (tertiary/aromatic N) is 1. The first kappa shape index (κ1) is 15.0. The van der Waals surface area contributed by atoms with Gasteiger partial charge in [0.1, 0.15) is 0 Å². The van der Waals surface area contributed by atoms with Gasteiger partial charge in [-0.1, -0.05) is 18.5 Å². The van der Waals surface area contributed by atoms with Gasteiger partial charge in [-0.25, -0.2) is 0 Å². The second-order valence-corrected chi connectivity index (χ2v) is 6.28. The van der Waals surface area contributed by atoms with Crippen molar-refractivity contribution in [3.63, 3.8) is 0 Å². The molecule has 4 N–H and O–H groups in total. The molecular formula is C11H16BrN3O2S. The third-order valence-corrected chi connectivity index (χ3v) is 4.57. The van der Waals surface area contributed by atoms with Gasteiger partial charge in [0.2, 0.25) is 0 Å². The first-order valence-electron chi connectivity index (χ1n) is 5.53. The number of rotatable bonds is 5. The van der Waals surface area contributed by atoms with E-state index in [1.807, 2.05) is 13.8 Å². The number of nitrogens with two attached hydrogens (primary N) is 1. The SMILES string of the molecule is CCCC(NC(=O)c1cc(C)c(Br)s1)C(N)=NO. The van der Waals surface area contributed by atoms with Gasteiger partial charge in [0.15, 0.2) is 5.84 Å². The van der Waals surface area contributed by atoms with E-state index in [-0.39, 0.29) is 11.7 Å². The van der Waals surface area contributed by atoms with Crippen molar-refractivity contribution in [1.82, 2.24) is 5.32 Å². The number of nitrogens with one attached hydrogen (secondary N) is 1. The van der Waals surface area contributed by atoms with Crippen LogP contribution < -0.4 is 11.1 Å². The van der Waals surface area contributed by atoms with Gasteiger partial charge in [-0.15, -0.1) is 11.3 Å². The Morgan fingerprint density at radius 1 is 1.72 bits per heavy atom. The molecule has 5 nitrogen and oxygen atoms in total. The Morgan fingerprint density at radius 3 is 2.83 bits per heavy atom. The number of halogens is 1. The Kier molecular flexibility index (Phi) is 5.61. The molecule has 1 atom stereocenters. The smallest absolute Gasteiger partial charge is 0.261 e. The van der Waals surface area contributed by atoms with Crippen LogP contribution >= 0.6 is 27.3 Å². The Bertz CT molecular complexity index is 440. The standard InChI is InChI=1S/C11H16BrN3O2S/c1-3-4-7(10(13)15-17)14-11(16)8-5-6(2)9(12)18-8/h5,7,17H,3-4H2,1-2H3,(H2,13,15)(H,14,16). The van der Waals surface area contributed by atoms with Gasteiger partial charge in [-0.3, -0.25) is 4.79 Å². The maximum atomic E-state index is 12.0. The lowest BCUT2D eigenvalue weighted by molar-refractivity contribution is 0.0949. The molecule has 0 bridgehead atoms. The summed E-state index contributed by atoms with van der Waals surface area (Å²) in [6.45, 7) is 3.89. The van der Waals surface area contributed by atoms with Crippen molar-refractivity contribution in [2.75, 3.05) is 0 Å². The molecule has 1 amide bonds. The normalized spacial score (nSPS) is 13.4. The van der Waals surface area contributed by atoms with E-state index >= 15 is 0 Å². The third kappa shape index (κ3) is 3.71. The van der Waals surface area contributed by atoms with Crippen LogP contribution in [0.1, 0.15) is 35.0 Å². The topological polar surface area (TPSA) is 87.7 Å². The molecule has 1 aromatic heterocycles. The average Bonchev–Trinajstić information content (AvgIpc) is 2.68. The lowest BCUT2D eigenvalue weighted by atomic mass is 10.1. The minimum absolute atomic E-state index is 0.0255. The summed E-state index contributed by atoms with van der Waals surface area (Å²) in [5.74, 6) is -0.184. The fourth-order valence-electron chi connectivity index (χ4n) is 1.45. The molecule has 18 heavy (non-hydrogen) atoms. The predicted octanol–water partition coefficient (Wildman–Crippen LogP) is 2.46. The second kappa shape index (κ2) is 6.75. The molecule has 7 heteroatoms. The van der Waals surface area contributed by atoms with E-state index in [9.17, 15) is 4.79 Å². The van der Waals surface area contributed by atoms with Gasteiger partial charge in [0.25, 0.3) is 5.91 Å². The van der Waals surface area contributed by atoms with Gasteiger partial charge in [-0.2, -0.15) is 0 Å². The number of hydrogen-bond acceptors (Lipinski definition) is 4. The van der Waals surface area contributed by atoms with Crippen LogP contribution in [-0.2, 0) is 0 Å². The van der Waals surface area contributed by atoms with Crippen molar-refractivity contribution in [2.45, 2.75) is 32.7 Å². The molecule has 1 aromatic rings. The molecule has 1 rings (SSSR count). The van der Waals surface area contributed by atoms with Gasteiger partial charge < -0.3 is 16.3 Å². The summed E-state index contributed by atoms with van der Waals surface area (Å²) >= 11 is 4.74. The minimum atomic E-state index is -0.436. The molecule has 100 valence electrons. The molecule has 0 fully saturated rings. The molecular weight excluding hydrogens is 318 g/mol. The van der Waals surface area contributed by atoms with E-state index in [0.29, 0.717) is 11.3 Å². The van der Waals surface area contributed by atoms with Crippen LogP contribution in [0, 0.1) is 6.92 Å². The van der Waals surface area contributed by atoms with Crippen molar-refractivity contribution < 1.29 is 10.0 Å². The number of oxime groups is 1. The monoisotopic (exact) mass is 333 g/mol. The van der Waals surface area contributed by atoms with E-state index in [0.717, 1.165) is 15.8 Å². The Labute approximate surface area is 118 Å². The van der Waals surface area contributed by atoms with Crippen molar-refractivity contribution >= 4 is 39.0 Å². The van der Waals surface area contributed by atoms with E-state index in [1.165, 1.54) is 11.3 Å². The highest BCUT2D eigenvalue weighted by Crippen LogP contribution is 2.27. The molecule has 1 unspecified atom stereocenters. The van der Waals surface area contributed by atoms with Crippen molar-refractivity contribution in [2.24, 2.45) is 10.9 Å². The third-order valence-electron chi connectivity index (χ3n) is 2.44. The maximum Gasteiger partial charge on any atom is 0.261 e. The number of carbonyl (C=O) groups is 1. The van der Waals surface area contributed by atoms with E-state index in [1.54, 1.807) is 6.07 Å². The van der Waals surface area contributed by atoms with Crippen LogP contribution in [0.3, 0.4) is 0 Å². The molecule has 0 saturated carbocycles. The number of amidine groups is 1. The van der Waals surface area contributed by atoms with E-state index in [2.05, 4.69) is 26.4 Å². The highest BCUT2D eigenvalue weighted by atomic mass is 79.9. The molecule has 0 aliphatic carbocycles. The first-order valence-corrected chi connectivity index (χ1v) is 7.14. The summed E-state index contributed by atoms with van der Waals surface area (Å²) in [6.07, 6.45) is 1.46. The lowest BCUT2D eigenvalue weighted by Gasteiger charge is -2.15. The summed E-state index contributed by atoms with van der Waals surface area (Å²) in [7, 11) is 0. The molecule has 0 aliphatic heterocycles. The van der Waals surface area contributed by atoms with Crippen LogP contribution in [0.2, 0.25) is 0 Å². The van der Waals surface area contributed by atoms with Crippen LogP contribution in [0.15, 0.2) is 15.0 Å². The zero-order valence-electron chi connectivity index (χ0n) is 10.2. The summed E-state index contributed by atoms with van der Waals surface area (Å²) < 4.78 is 0.934. The van der Waals surface area contributed by atoms with Crippen LogP contribution in [0.4, 0.5) is 0 Å². The number of aryl methyl sites for hydroxylation is 1. The highest BCUT2D eigenvalue weighted by molar-refractivity contribution is 9.11. The molecule has 0 saturated heterocycles. The first-order chi connectivity index (χ1) is 8.49. The van der Waals surface area contributed by atoms with Crippen molar-refractivity contribution in [3.05, 3.63) is 20.3 Å². The average molecular weight is 334 g/mol. The van der Waals surface area contributed by atoms with Gasteiger partial charge in [0.05, 0.1) is 14.7 Å². The Balaban J connectivity index is 2.78. The molecule has 0 spiro atoms. The Hall–Kier alpha value is -1.08. The maximum absolute atomic E-state index is 12.0. The van der Waals surface area contributed by atoms with Gasteiger partial charge in [-0.05, 0) is 40.9 Å². The van der Waals surface area contributed by atoms with E-state index in [4.69, 9.17) is 10.9 Å². The Morgan fingerprint density at radius 2 is 2.39 bits per heavy atom. The summed E-state index contributed by atoms with van der Waals surface area (Å²) in [6, 6.07) is 1.37. The zero-order valence-corrected chi connectivity index (χ0v) is 12.6. The summed E-state index contributed by atoms with van der Waals surface area (Å²) in [5.41, 5.74) is 6.56. The molecule has 1 heterocycles. The lowest BCUT2D eigenvalue weighted by Crippen LogP contribution is -2.44. The second-order valence-electron chi connectivity index (χ2n) is 3.91. The number of carbonyl (C=O) groups excluding carboxylic acids is 1.